The molecule has 0 aliphatic heterocycles. The van der Waals surface area contributed by atoms with Crippen LogP contribution in [0.15, 0.2) is 28.7 Å². The molecule has 0 aliphatic rings. The van der Waals surface area contributed by atoms with Crippen LogP contribution in [0, 0.1) is 0 Å². The fourth-order valence-electron chi connectivity index (χ4n) is 1.55. The van der Waals surface area contributed by atoms with Gasteiger partial charge in [0.1, 0.15) is 18.0 Å². The van der Waals surface area contributed by atoms with Crippen LogP contribution in [0.4, 0.5) is 0 Å². The maximum absolute atomic E-state index is 10.8. The Morgan fingerprint density at radius 1 is 1.41 bits per heavy atom. The minimum Gasteiger partial charge on any atom is -0.478 e. The fourth-order valence-corrected chi connectivity index (χ4v) is 1.55. The SMILES string of the molecule is CC(C)OCc1cc2cc(C(=O)O)ccc2o1. The number of furan rings is 1. The average molecular weight is 234 g/mol. The molecule has 4 nitrogen and oxygen atoms in total. The quantitative estimate of drug-likeness (QED) is 0.883. The molecule has 0 saturated heterocycles. The molecule has 90 valence electrons. The Bertz CT molecular complexity index is 539. The van der Waals surface area contributed by atoms with Crippen molar-refractivity contribution in [2.75, 3.05) is 0 Å². The van der Waals surface area contributed by atoms with Crippen LogP contribution < -0.4 is 0 Å². The van der Waals surface area contributed by atoms with E-state index in [0.717, 1.165) is 5.39 Å². The van der Waals surface area contributed by atoms with Crippen molar-refractivity contribution < 1.29 is 19.1 Å². The van der Waals surface area contributed by atoms with E-state index in [9.17, 15) is 4.79 Å². The second-order valence-electron chi connectivity index (χ2n) is 4.13. The lowest BCUT2D eigenvalue weighted by Crippen LogP contribution is -2.01. The Morgan fingerprint density at radius 2 is 2.18 bits per heavy atom. The van der Waals surface area contributed by atoms with Gasteiger partial charge in [0.25, 0.3) is 0 Å². The zero-order valence-electron chi connectivity index (χ0n) is 9.77. The zero-order valence-corrected chi connectivity index (χ0v) is 9.77. The van der Waals surface area contributed by atoms with Crippen LogP contribution in [0.5, 0.6) is 0 Å². The van der Waals surface area contributed by atoms with E-state index in [1.54, 1.807) is 12.1 Å². The summed E-state index contributed by atoms with van der Waals surface area (Å²) in [6.45, 7) is 4.30. The van der Waals surface area contributed by atoms with Gasteiger partial charge in [-0.15, -0.1) is 0 Å². The highest BCUT2D eigenvalue weighted by Gasteiger charge is 2.08. The number of ether oxygens (including phenoxy) is 1. The van der Waals surface area contributed by atoms with E-state index in [4.69, 9.17) is 14.3 Å². The lowest BCUT2D eigenvalue weighted by Gasteiger charge is -2.03. The molecule has 1 heterocycles. The van der Waals surface area contributed by atoms with Gasteiger partial charge in [-0.1, -0.05) is 0 Å². The number of rotatable bonds is 4. The molecule has 0 saturated carbocycles. The minimum absolute atomic E-state index is 0.137. The summed E-state index contributed by atoms with van der Waals surface area (Å²) in [4.78, 5) is 10.8. The highest BCUT2D eigenvalue weighted by atomic mass is 16.5. The maximum atomic E-state index is 10.8. The average Bonchev–Trinajstić information content (AvgIpc) is 2.67. The van der Waals surface area contributed by atoms with Gasteiger partial charge in [0, 0.05) is 5.39 Å². The van der Waals surface area contributed by atoms with Gasteiger partial charge >= 0.3 is 5.97 Å². The van der Waals surface area contributed by atoms with Crippen molar-refractivity contribution in [1.82, 2.24) is 0 Å². The third-order valence-corrected chi connectivity index (χ3v) is 2.37. The summed E-state index contributed by atoms with van der Waals surface area (Å²) in [5.74, 6) is -0.232. The number of hydrogen-bond acceptors (Lipinski definition) is 3. The van der Waals surface area contributed by atoms with Crippen LogP contribution in [0.25, 0.3) is 11.0 Å². The molecule has 17 heavy (non-hydrogen) atoms. The number of benzene rings is 1. The Labute approximate surface area is 98.8 Å². The van der Waals surface area contributed by atoms with Gasteiger partial charge in [-0.25, -0.2) is 4.79 Å². The Hall–Kier alpha value is -1.81. The van der Waals surface area contributed by atoms with Crippen LogP contribution in [0.2, 0.25) is 0 Å². The second kappa shape index (κ2) is 4.59. The number of carboxylic acid groups (broad SMARTS) is 1. The molecular formula is C13H14O4. The summed E-state index contributed by atoms with van der Waals surface area (Å²) < 4.78 is 11.0. The van der Waals surface area contributed by atoms with Gasteiger partial charge in [-0.3, -0.25) is 0 Å². The van der Waals surface area contributed by atoms with Crippen molar-refractivity contribution in [3.63, 3.8) is 0 Å². The fraction of sp³-hybridized carbons (Fsp3) is 0.308. The van der Waals surface area contributed by atoms with Crippen molar-refractivity contribution in [1.29, 1.82) is 0 Å². The molecule has 0 spiro atoms. The molecule has 0 unspecified atom stereocenters. The second-order valence-corrected chi connectivity index (χ2v) is 4.13. The summed E-state index contributed by atoms with van der Waals surface area (Å²) in [6, 6.07) is 6.60. The maximum Gasteiger partial charge on any atom is 0.335 e. The highest BCUT2D eigenvalue weighted by Crippen LogP contribution is 2.21. The smallest absolute Gasteiger partial charge is 0.335 e. The summed E-state index contributed by atoms with van der Waals surface area (Å²) in [6.07, 6.45) is 0.137. The van der Waals surface area contributed by atoms with Gasteiger partial charge in [0.2, 0.25) is 0 Å². The minimum atomic E-state index is -0.937. The molecule has 1 aromatic heterocycles. The first-order chi connectivity index (χ1) is 8.06. The molecule has 0 radical (unpaired) electrons. The standard InChI is InChI=1S/C13H14O4/c1-8(2)16-7-11-6-10-5-9(13(14)15)3-4-12(10)17-11/h3-6,8H,7H2,1-2H3,(H,14,15). The normalized spacial score (nSPS) is 11.2. The molecule has 0 fully saturated rings. The van der Waals surface area contributed by atoms with Crippen molar-refractivity contribution in [3.8, 4) is 0 Å². The zero-order chi connectivity index (χ0) is 12.4. The van der Waals surface area contributed by atoms with E-state index in [-0.39, 0.29) is 11.7 Å². The van der Waals surface area contributed by atoms with Crippen LogP contribution in [-0.2, 0) is 11.3 Å². The summed E-state index contributed by atoms with van der Waals surface area (Å²) in [5, 5.41) is 9.66. The van der Waals surface area contributed by atoms with Crippen LogP contribution in [-0.4, -0.2) is 17.2 Å². The molecule has 1 aromatic carbocycles. The van der Waals surface area contributed by atoms with Gasteiger partial charge in [0.05, 0.1) is 11.7 Å². The molecule has 0 amide bonds. The lowest BCUT2D eigenvalue weighted by molar-refractivity contribution is 0.0553. The molecule has 2 aromatic rings. The number of fused-ring (bicyclic) bond motifs is 1. The van der Waals surface area contributed by atoms with E-state index in [1.807, 2.05) is 19.9 Å². The topological polar surface area (TPSA) is 59.7 Å². The number of carboxylic acids is 1. The van der Waals surface area contributed by atoms with Crippen molar-refractivity contribution in [2.24, 2.45) is 0 Å². The monoisotopic (exact) mass is 234 g/mol. The van der Waals surface area contributed by atoms with Crippen molar-refractivity contribution >= 4 is 16.9 Å². The highest BCUT2D eigenvalue weighted by molar-refractivity contribution is 5.93. The van der Waals surface area contributed by atoms with Gasteiger partial charge in [0.15, 0.2) is 0 Å². The van der Waals surface area contributed by atoms with Crippen molar-refractivity contribution in [2.45, 2.75) is 26.6 Å². The molecule has 0 atom stereocenters. The number of aromatic carboxylic acids is 1. The summed E-state index contributed by atoms with van der Waals surface area (Å²) >= 11 is 0. The summed E-state index contributed by atoms with van der Waals surface area (Å²) in [7, 11) is 0. The van der Waals surface area contributed by atoms with Crippen LogP contribution in [0.3, 0.4) is 0 Å². The Balaban J connectivity index is 2.27. The molecule has 2 rings (SSSR count). The van der Waals surface area contributed by atoms with E-state index in [0.29, 0.717) is 18.0 Å². The first-order valence-electron chi connectivity index (χ1n) is 5.43. The summed E-state index contributed by atoms with van der Waals surface area (Å²) in [5.41, 5.74) is 0.937. The van der Waals surface area contributed by atoms with E-state index in [1.165, 1.54) is 6.07 Å². The lowest BCUT2D eigenvalue weighted by atomic mass is 10.1. The molecule has 0 bridgehead atoms. The Morgan fingerprint density at radius 3 is 2.82 bits per heavy atom. The van der Waals surface area contributed by atoms with E-state index >= 15 is 0 Å². The molecular weight excluding hydrogens is 220 g/mol. The molecule has 1 N–H and O–H groups in total. The first-order valence-corrected chi connectivity index (χ1v) is 5.43. The predicted octanol–water partition coefficient (Wildman–Crippen LogP) is 3.06. The number of carbonyl (C=O) groups is 1. The largest absolute Gasteiger partial charge is 0.478 e. The van der Waals surface area contributed by atoms with Crippen LogP contribution in [0.1, 0.15) is 30.0 Å². The third-order valence-electron chi connectivity index (χ3n) is 2.37. The van der Waals surface area contributed by atoms with Gasteiger partial charge in [-0.2, -0.15) is 0 Å². The van der Waals surface area contributed by atoms with E-state index < -0.39 is 5.97 Å². The Kier molecular flexibility index (Phi) is 3.15. The molecule has 0 aliphatic carbocycles. The number of hydrogen-bond donors (Lipinski definition) is 1. The third kappa shape index (κ3) is 2.65. The van der Waals surface area contributed by atoms with Gasteiger partial charge < -0.3 is 14.3 Å². The van der Waals surface area contributed by atoms with Crippen LogP contribution >= 0.6 is 0 Å². The van der Waals surface area contributed by atoms with E-state index in [2.05, 4.69) is 0 Å². The molecule has 4 heteroatoms. The van der Waals surface area contributed by atoms with Crippen molar-refractivity contribution in [3.05, 3.63) is 35.6 Å². The first kappa shape index (κ1) is 11.7. The predicted molar refractivity (Wildman–Crippen MR) is 63.1 cm³/mol. The van der Waals surface area contributed by atoms with Gasteiger partial charge in [-0.05, 0) is 38.1 Å².